The molecule has 3 aromatic heterocycles. The Labute approximate surface area is 129 Å². The first-order chi connectivity index (χ1) is 10.3. The fourth-order valence-electron chi connectivity index (χ4n) is 2.13. The molecule has 0 aliphatic rings. The molecule has 0 bridgehead atoms. The van der Waals surface area contributed by atoms with Gasteiger partial charge in [-0.25, -0.2) is 15.0 Å². The van der Waals surface area contributed by atoms with E-state index in [9.17, 15) is 0 Å². The van der Waals surface area contributed by atoms with E-state index in [0.717, 1.165) is 21.9 Å². The zero-order valence-electron chi connectivity index (χ0n) is 10.8. The third kappa shape index (κ3) is 2.26. The smallest absolute Gasteiger partial charge is 0.235 e. The summed E-state index contributed by atoms with van der Waals surface area (Å²) in [5.41, 5.74) is 2.80. The van der Waals surface area contributed by atoms with E-state index in [-0.39, 0.29) is 0 Å². The molecule has 0 saturated heterocycles. The van der Waals surface area contributed by atoms with Crippen LogP contribution in [0.5, 0.6) is 0 Å². The SMILES string of the molecule is Clc1c(CSc2nc3ccccc3[nH]2)nc2ncccn12. The molecule has 0 radical (unpaired) electrons. The molecule has 21 heavy (non-hydrogen) atoms. The maximum Gasteiger partial charge on any atom is 0.235 e. The Morgan fingerprint density at radius 1 is 1.19 bits per heavy atom. The number of para-hydroxylation sites is 2. The first-order valence-electron chi connectivity index (χ1n) is 6.36. The standard InChI is InChI=1S/C14H10ClN5S/c15-12-11(17-13-16-6-3-7-20(12)13)8-21-14-18-9-4-1-2-5-10(9)19-14/h1-7H,8H2,(H,18,19). The highest BCUT2D eigenvalue weighted by Crippen LogP contribution is 2.26. The Kier molecular flexibility index (Phi) is 3.05. The van der Waals surface area contributed by atoms with Gasteiger partial charge in [-0.3, -0.25) is 4.40 Å². The molecule has 0 fully saturated rings. The highest BCUT2D eigenvalue weighted by Gasteiger charge is 2.12. The lowest BCUT2D eigenvalue weighted by Crippen LogP contribution is -1.85. The van der Waals surface area contributed by atoms with Gasteiger partial charge >= 0.3 is 0 Å². The average molecular weight is 316 g/mol. The number of halogens is 1. The normalized spacial score (nSPS) is 11.5. The van der Waals surface area contributed by atoms with Crippen molar-refractivity contribution in [2.75, 3.05) is 0 Å². The summed E-state index contributed by atoms with van der Waals surface area (Å²) >= 11 is 7.89. The predicted molar refractivity (Wildman–Crippen MR) is 83.7 cm³/mol. The van der Waals surface area contributed by atoms with E-state index in [1.807, 2.05) is 36.5 Å². The van der Waals surface area contributed by atoms with Crippen molar-refractivity contribution in [2.45, 2.75) is 10.9 Å². The summed E-state index contributed by atoms with van der Waals surface area (Å²) < 4.78 is 1.77. The molecule has 0 unspecified atom stereocenters. The second-order valence-electron chi connectivity index (χ2n) is 4.49. The number of nitrogens with one attached hydrogen (secondary N) is 1. The van der Waals surface area contributed by atoms with Crippen LogP contribution in [-0.4, -0.2) is 24.3 Å². The zero-order valence-corrected chi connectivity index (χ0v) is 12.4. The fraction of sp³-hybridized carbons (Fsp3) is 0.0714. The van der Waals surface area contributed by atoms with Crippen molar-refractivity contribution < 1.29 is 0 Å². The van der Waals surface area contributed by atoms with Crippen molar-refractivity contribution in [3.05, 3.63) is 53.6 Å². The number of thioether (sulfide) groups is 1. The monoisotopic (exact) mass is 315 g/mol. The van der Waals surface area contributed by atoms with Crippen molar-refractivity contribution in [3.8, 4) is 0 Å². The summed E-state index contributed by atoms with van der Waals surface area (Å²) in [4.78, 5) is 16.4. The Morgan fingerprint density at radius 2 is 2.10 bits per heavy atom. The van der Waals surface area contributed by atoms with Gasteiger partial charge in [-0.2, -0.15) is 0 Å². The maximum atomic E-state index is 6.32. The van der Waals surface area contributed by atoms with Gasteiger partial charge in [0.05, 0.1) is 16.7 Å². The van der Waals surface area contributed by atoms with Gasteiger partial charge in [0, 0.05) is 18.1 Å². The van der Waals surface area contributed by atoms with Gasteiger partial charge in [0.15, 0.2) is 5.16 Å². The molecule has 4 rings (SSSR count). The molecule has 0 saturated carbocycles. The third-order valence-electron chi connectivity index (χ3n) is 3.12. The highest BCUT2D eigenvalue weighted by molar-refractivity contribution is 7.98. The molecule has 0 spiro atoms. The van der Waals surface area contributed by atoms with E-state index < -0.39 is 0 Å². The Balaban J connectivity index is 1.61. The molecule has 104 valence electrons. The second-order valence-corrected chi connectivity index (χ2v) is 5.81. The molecule has 7 heteroatoms. The molecule has 0 aliphatic heterocycles. The molecule has 3 heterocycles. The largest absolute Gasteiger partial charge is 0.333 e. The van der Waals surface area contributed by atoms with Crippen LogP contribution in [0.15, 0.2) is 47.9 Å². The average Bonchev–Trinajstić information content (AvgIpc) is 3.07. The van der Waals surface area contributed by atoms with E-state index >= 15 is 0 Å². The molecule has 0 amide bonds. The summed E-state index contributed by atoms with van der Waals surface area (Å²) in [5.74, 6) is 1.25. The van der Waals surface area contributed by atoms with Crippen molar-refractivity contribution in [2.24, 2.45) is 0 Å². The third-order valence-corrected chi connectivity index (χ3v) is 4.41. The van der Waals surface area contributed by atoms with Crippen LogP contribution in [0.25, 0.3) is 16.8 Å². The number of hydrogen-bond acceptors (Lipinski definition) is 4. The van der Waals surface area contributed by atoms with Crippen LogP contribution in [0, 0.1) is 0 Å². The van der Waals surface area contributed by atoms with Crippen LogP contribution in [0.1, 0.15) is 5.69 Å². The second kappa shape index (κ2) is 5.05. The van der Waals surface area contributed by atoms with Crippen LogP contribution < -0.4 is 0 Å². The molecular formula is C14H10ClN5S. The minimum atomic E-state index is 0.599. The first-order valence-corrected chi connectivity index (χ1v) is 7.72. The molecule has 1 N–H and O–H groups in total. The van der Waals surface area contributed by atoms with Gasteiger partial charge in [-0.1, -0.05) is 35.5 Å². The number of aromatic nitrogens is 5. The molecular weight excluding hydrogens is 306 g/mol. The number of fused-ring (bicyclic) bond motifs is 2. The van der Waals surface area contributed by atoms with Crippen molar-refractivity contribution >= 4 is 40.2 Å². The highest BCUT2D eigenvalue weighted by atomic mass is 35.5. The fourth-order valence-corrected chi connectivity index (χ4v) is 3.27. The van der Waals surface area contributed by atoms with E-state index in [4.69, 9.17) is 11.6 Å². The molecule has 5 nitrogen and oxygen atoms in total. The Hall–Kier alpha value is -2.05. The van der Waals surface area contributed by atoms with Crippen molar-refractivity contribution in [3.63, 3.8) is 0 Å². The van der Waals surface area contributed by atoms with E-state index in [1.165, 1.54) is 0 Å². The van der Waals surface area contributed by atoms with Gasteiger partial charge in [0.1, 0.15) is 5.15 Å². The van der Waals surface area contributed by atoms with Crippen LogP contribution >= 0.6 is 23.4 Å². The topological polar surface area (TPSA) is 58.9 Å². The Bertz CT molecular complexity index is 896. The maximum absolute atomic E-state index is 6.32. The minimum absolute atomic E-state index is 0.599. The summed E-state index contributed by atoms with van der Waals surface area (Å²) in [5, 5.41) is 1.46. The lowest BCUT2D eigenvalue weighted by Gasteiger charge is -1.95. The number of H-pyrrole nitrogens is 1. The van der Waals surface area contributed by atoms with E-state index in [1.54, 1.807) is 22.4 Å². The predicted octanol–water partition coefficient (Wildman–Crippen LogP) is 3.55. The Morgan fingerprint density at radius 3 is 2.95 bits per heavy atom. The summed E-state index contributed by atoms with van der Waals surface area (Å²) in [7, 11) is 0. The number of hydrogen-bond donors (Lipinski definition) is 1. The number of imidazole rings is 2. The van der Waals surface area contributed by atoms with Crippen LogP contribution in [0.3, 0.4) is 0 Å². The first kappa shape index (κ1) is 12.7. The van der Waals surface area contributed by atoms with Crippen molar-refractivity contribution in [1.82, 2.24) is 24.3 Å². The van der Waals surface area contributed by atoms with Crippen LogP contribution in [0.4, 0.5) is 0 Å². The summed E-state index contributed by atoms with van der Waals surface area (Å²) in [6, 6.07) is 9.78. The van der Waals surface area contributed by atoms with E-state index in [0.29, 0.717) is 16.7 Å². The molecule has 1 aromatic carbocycles. The number of aromatic amines is 1. The van der Waals surface area contributed by atoms with Crippen LogP contribution in [-0.2, 0) is 5.75 Å². The summed E-state index contributed by atoms with van der Waals surface area (Å²) in [6.45, 7) is 0. The molecule has 4 aromatic rings. The quantitative estimate of drug-likeness (QED) is 0.587. The van der Waals surface area contributed by atoms with Gasteiger partial charge in [-0.15, -0.1) is 0 Å². The number of benzene rings is 1. The van der Waals surface area contributed by atoms with E-state index in [2.05, 4.69) is 19.9 Å². The summed E-state index contributed by atoms with van der Waals surface area (Å²) in [6.07, 6.45) is 3.56. The zero-order chi connectivity index (χ0) is 14.2. The van der Waals surface area contributed by atoms with Gasteiger partial charge < -0.3 is 4.98 Å². The van der Waals surface area contributed by atoms with Crippen LogP contribution in [0.2, 0.25) is 5.15 Å². The van der Waals surface area contributed by atoms with Crippen molar-refractivity contribution in [1.29, 1.82) is 0 Å². The lowest BCUT2D eigenvalue weighted by molar-refractivity contribution is 1.07. The molecule has 0 aliphatic carbocycles. The lowest BCUT2D eigenvalue weighted by atomic mass is 10.3. The van der Waals surface area contributed by atoms with Gasteiger partial charge in [-0.05, 0) is 18.2 Å². The number of rotatable bonds is 3. The minimum Gasteiger partial charge on any atom is -0.333 e. The number of nitrogens with zero attached hydrogens (tertiary/aromatic N) is 4. The molecule has 0 atom stereocenters. The van der Waals surface area contributed by atoms with Gasteiger partial charge in [0.25, 0.3) is 0 Å². The van der Waals surface area contributed by atoms with Gasteiger partial charge in [0.2, 0.25) is 5.78 Å².